The first-order valence-corrected chi connectivity index (χ1v) is 10.8. The molecule has 1 N–H and O–H groups in total. The van der Waals surface area contributed by atoms with Gasteiger partial charge in [0.1, 0.15) is 0 Å². The molecule has 0 radical (unpaired) electrons. The standard InChI is InChI=1S/C21H30N8O3/c1-4-28(5-2)12-11-22-10-7-13-32-20-24-17-18(25-26-20)29(21(31)27(3)19(17)30)15-16-8-6-9-23-14-16/h6,8-9,14,22H,4-5,7,10-13,15H2,1-3H3. The molecule has 172 valence electrons. The molecule has 0 saturated heterocycles. The fourth-order valence-corrected chi connectivity index (χ4v) is 3.29. The molecule has 3 aromatic heterocycles. The van der Waals surface area contributed by atoms with E-state index >= 15 is 0 Å². The molecule has 11 nitrogen and oxygen atoms in total. The smallest absolute Gasteiger partial charge is 0.336 e. The third-order valence-electron chi connectivity index (χ3n) is 5.22. The number of nitrogens with zero attached hydrogens (tertiary/aromatic N) is 7. The Hall–Kier alpha value is -3.18. The molecule has 0 aliphatic carbocycles. The maximum absolute atomic E-state index is 12.6. The lowest BCUT2D eigenvalue weighted by molar-refractivity contribution is 0.275. The minimum atomic E-state index is -0.537. The van der Waals surface area contributed by atoms with E-state index in [0.717, 1.165) is 49.3 Å². The summed E-state index contributed by atoms with van der Waals surface area (Å²) in [6.45, 7) is 9.71. The topological polar surface area (TPSA) is 120 Å². The summed E-state index contributed by atoms with van der Waals surface area (Å²) in [5.74, 6) is 0. The first kappa shape index (κ1) is 23.5. The molecule has 0 aliphatic rings. The van der Waals surface area contributed by atoms with Gasteiger partial charge in [0.05, 0.1) is 13.2 Å². The number of fused-ring (bicyclic) bond motifs is 1. The highest BCUT2D eigenvalue weighted by atomic mass is 16.5. The van der Waals surface area contributed by atoms with E-state index in [-0.39, 0.29) is 23.7 Å². The number of hydrogen-bond acceptors (Lipinski definition) is 9. The van der Waals surface area contributed by atoms with Crippen molar-refractivity contribution in [1.29, 1.82) is 0 Å². The molecule has 0 fully saturated rings. The van der Waals surface area contributed by atoms with Crippen LogP contribution in [0.3, 0.4) is 0 Å². The predicted octanol–water partition coefficient (Wildman–Crippen LogP) is 0.0288. The monoisotopic (exact) mass is 442 g/mol. The Morgan fingerprint density at radius 2 is 1.97 bits per heavy atom. The van der Waals surface area contributed by atoms with E-state index in [4.69, 9.17) is 4.74 Å². The fourth-order valence-electron chi connectivity index (χ4n) is 3.29. The lowest BCUT2D eigenvalue weighted by atomic mass is 10.3. The van der Waals surface area contributed by atoms with Crippen molar-refractivity contribution < 1.29 is 4.74 Å². The minimum absolute atomic E-state index is 0.0179. The van der Waals surface area contributed by atoms with Gasteiger partial charge in [0.25, 0.3) is 5.56 Å². The quantitative estimate of drug-likeness (QED) is 0.387. The third kappa shape index (κ3) is 5.74. The largest absolute Gasteiger partial charge is 0.462 e. The van der Waals surface area contributed by atoms with Gasteiger partial charge in [-0.1, -0.05) is 25.0 Å². The first-order chi connectivity index (χ1) is 15.5. The van der Waals surface area contributed by atoms with Crippen LogP contribution in [-0.4, -0.2) is 73.5 Å². The maximum Gasteiger partial charge on any atom is 0.336 e. The van der Waals surface area contributed by atoms with Gasteiger partial charge < -0.3 is 15.0 Å². The van der Waals surface area contributed by atoms with E-state index in [1.165, 1.54) is 11.6 Å². The van der Waals surface area contributed by atoms with Crippen molar-refractivity contribution in [1.82, 2.24) is 39.5 Å². The molecular formula is C21H30N8O3. The summed E-state index contributed by atoms with van der Waals surface area (Å²) in [6, 6.07) is 3.63. The second-order valence-electron chi connectivity index (χ2n) is 7.34. The van der Waals surface area contributed by atoms with E-state index in [9.17, 15) is 9.59 Å². The Morgan fingerprint density at radius 3 is 2.69 bits per heavy atom. The van der Waals surface area contributed by atoms with Crippen molar-refractivity contribution in [3.05, 3.63) is 50.9 Å². The van der Waals surface area contributed by atoms with Crippen LogP contribution in [0, 0.1) is 0 Å². The van der Waals surface area contributed by atoms with Crippen molar-refractivity contribution in [2.75, 3.05) is 39.3 Å². The maximum atomic E-state index is 12.6. The highest BCUT2D eigenvalue weighted by molar-refractivity contribution is 5.68. The summed E-state index contributed by atoms with van der Waals surface area (Å²) >= 11 is 0. The van der Waals surface area contributed by atoms with E-state index in [1.54, 1.807) is 18.5 Å². The second kappa shape index (κ2) is 11.4. The van der Waals surface area contributed by atoms with Gasteiger partial charge in [-0.05, 0) is 37.7 Å². The van der Waals surface area contributed by atoms with Crippen molar-refractivity contribution in [3.8, 4) is 6.01 Å². The number of nitrogens with one attached hydrogen (secondary N) is 1. The third-order valence-corrected chi connectivity index (χ3v) is 5.22. The number of likely N-dealkylation sites (N-methyl/N-ethyl adjacent to an activating group) is 1. The van der Waals surface area contributed by atoms with Crippen molar-refractivity contribution >= 4 is 11.2 Å². The highest BCUT2D eigenvalue weighted by Crippen LogP contribution is 2.08. The lowest BCUT2D eigenvalue weighted by Crippen LogP contribution is -2.39. The Labute approximate surface area is 186 Å². The summed E-state index contributed by atoms with van der Waals surface area (Å²) in [6.07, 6.45) is 4.06. The summed E-state index contributed by atoms with van der Waals surface area (Å²) < 4.78 is 7.96. The van der Waals surface area contributed by atoms with Crippen LogP contribution >= 0.6 is 0 Å². The zero-order valence-electron chi connectivity index (χ0n) is 18.8. The number of ether oxygens (including phenoxy) is 1. The summed E-state index contributed by atoms with van der Waals surface area (Å²) in [4.78, 5) is 35.9. The molecule has 0 unspecified atom stereocenters. The molecule has 0 spiro atoms. The first-order valence-electron chi connectivity index (χ1n) is 10.8. The zero-order chi connectivity index (χ0) is 22.9. The molecule has 0 aliphatic heterocycles. The van der Waals surface area contributed by atoms with Crippen LogP contribution < -0.4 is 21.3 Å². The number of hydrogen-bond donors (Lipinski definition) is 1. The van der Waals surface area contributed by atoms with Crippen LogP contribution in [0.5, 0.6) is 6.01 Å². The van der Waals surface area contributed by atoms with Crippen LogP contribution in [0.15, 0.2) is 34.1 Å². The van der Waals surface area contributed by atoms with Gasteiger partial charge in [0.15, 0.2) is 11.2 Å². The summed E-state index contributed by atoms with van der Waals surface area (Å²) in [7, 11) is 1.41. The summed E-state index contributed by atoms with van der Waals surface area (Å²) in [5.41, 5.74) is -0.0759. The van der Waals surface area contributed by atoms with Gasteiger partial charge in [-0.2, -0.15) is 4.98 Å². The van der Waals surface area contributed by atoms with Crippen LogP contribution in [0.4, 0.5) is 0 Å². The van der Waals surface area contributed by atoms with Crippen molar-refractivity contribution in [2.45, 2.75) is 26.8 Å². The Balaban J connectivity index is 1.65. The van der Waals surface area contributed by atoms with Crippen LogP contribution in [-0.2, 0) is 13.6 Å². The molecule has 3 rings (SSSR count). The molecule has 0 amide bonds. The van der Waals surface area contributed by atoms with E-state index in [1.807, 2.05) is 6.07 Å². The van der Waals surface area contributed by atoms with Gasteiger partial charge in [0, 0.05) is 32.5 Å². The van der Waals surface area contributed by atoms with E-state index in [0.29, 0.717) is 6.61 Å². The minimum Gasteiger partial charge on any atom is -0.462 e. The highest BCUT2D eigenvalue weighted by Gasteiger charge is 2.16. The molecule has 32 heavy (non-hydrogen) atoms. The number of aromatic nitrogens is 6. The second-order valence-corrected chi connectivity index (χ2v) is 7.34. The molecule has 11 heteroatoms. The van der Waals surface area contributed by atoms with Gasteiger partial charge in [0.2, 0.25) is 0 Å². The average Bonchev–Trinajstić information content (AvgIpc) is 2.83. The van der Waals surface area contributed by atoms with Crippen molar-refractivity contribution in [3.63, 3.8) is 0 Å². The van der Waals surface area contributed by atoms with Gasteiger partial charge in [-0.3, -0.25) is 18.9 Å². The normalized spacial score (nSPS) is 11.4. The number of pyridine rings is 1. The summed E-state index contributed by atoms with van der Waals surface area (Å²) in [5, 5.41) is 11.4. The average molecular weight is 443 g/mol. The van der Waals surface area contributed by atoms with Gasteiger partial charge in [-0.25, -0.2) is 4.79 Å². The van der Waals surface area contributed by atoms with E-state index < -0.39 is 11.2 Å². The van der Waals surface area contributed by atoms with Crippen molar-refractivity contribution in [2.24, 2.45) is 7.05 Å². The van der Waals surface area contributed by atoms with Crippen LogP contribution in [0.25, 0.3) is 11.2 Å². The van der Waals surface area contributed by atoms with Crippen LogP contribution in [0.1, 0.15) is 25.8 Å². The van der Waals surface area contributed by atoms with Gasteiger partial charge >= 0.3 is 11.7 Å². The Kier molecular flexibility index (Phi) is 8.40. The molecule has 3 heterocycles. The lowest BCUT2D eigenvalue weighted by Gasteiger charge is -2.17. The molecular weight excluding hydrogens is 412 g/mol. The molecule has 0 aromatic carbocycles. The van der Waals surface area contributed by atoms with Crippen LogP contribution in [0.2, 0.25) is 0 Å². The molecule has 0 saturated carbocycles. The van der Waals surface area contributed by atoms with Gasteiger partial charge in [-0.15, -0.1) is 5.10 Å². The fraction of sp³-hybridized carbons (Fsp3) is 0.524. The molecule has 3 aromatic rings. The molecule has 0 atom stereocenters. The SMILES string of the molecule is CCN(CC)CCNCCCOc1nnc2c(n1)c(=O)n(C)c(=O)n2Cc1cccnc1. The van der Waals surface area contributed by atoms with E-state index in [2.05, 4.69) is 44.2 Å². The molecule has 0 bridgehead atoms. The number of rotatable bonds is 12. The Bertz CT molecular complexity index is 1130. The zero-order valence-corrected chi connectivity index (χ0v) is 18.8. The predicted molar refractivity (Wildman–Crippen MR) is 121 cm³/mol. The Morgan fingerprint density at radius 1 is 1.16 bits per heavy atom.